The molecule has 0 amide bonds. The second kappa shape index (κ2) is 9.89. The highest BCUT2D eigenvalue weighted by molar-refractivity contribution is 7.90. The molecule has 2 aliphatic heterocycles. The third kappa shape index (κ3) is 5.03. The summed E-state index contributed by atoms with van der Waals surface area (Å²) in [5, 5.41) is 1.08. The van der Waals surface area contributed by atoms with Crippen molar-refractivity contribution in [3.05, 3.63) is 36.2 Å². The molecule has 1 aromatic carbocycles. The number of fused-ring (bicyclic) bond motifs is 4. The summed E-state index contributed by atoms with van der Waals surface area (Å²) in [5.41, 5.74) is 2.90. The molecular formula is C24H30N4O5S. The molecular weight excluding hydrogens is 456 g/mol. The maximum absolute atomic E-state index is 11.3. The lowest BCUT2D eigenvalue weighted by Crippen LogP contribution is -2.51. The summed E-state index contributed by atoms with van der Waals surface area (Å²) in [7, 11) is -2.95. The predicted molar refractivity (Wildman–Crippen MR) is 130 cm³/mol. The smallest absolute Gasteiger partial charge is 0.183 e. The normalized spacial score (nSPS) is 17.9. The van der Waals surface area contributed by atoms with E-state index in [0.29, 0.717) is 51.7 Å². The number of H-pyrrole nitrogens is 1. The van der Waals surface area contributed by atoms with Crippen LogP contribution in [0.4, 0.5) is 5.82 Å². The molecule has 10 heteroatoms. The first-order valence-electron chi connectivity index (χ1n) is 11.7. The molecule has 0 bridgehead atoms. The SMILES string of the molecule is CS(=O)(=O)CCCOCCCc1nc(-c2cccc3[nH]ccc23)nc2c1OC[C@H]1COCCN21. The molecule has 0 radical (unpaired) electrons. The van der Waals surface area contributed by atoms with E-state index in [1.165, 1.54) is 6.26 Å². The van der Waals surface area contributed by atoms with Crippen LogP contribution in [0.2, 0.25) is 0 Å². The zero-order valence-corrected chi connectivity index (χ0v) is 20.1. The van der Waals surface area contributed by atoms with Crippen molar-refractivity contribution >= 4 is 26.6 Å². The molecule has 1 fully saturated rings. The molecule has 2 aromatic heterocycles. The summed E-state index contributed by atoms with van der Waals surface area (Å²) in [5.74, 6) is 2.42. The van der Waals surface area contributed by atoms with Crippen molar-refractivity contribution in [2.45, 2.75) is 25.3 Å². The molecule has 4 heterocycles. The lowest BCUT2D eigenvalue weighted by atomic mass is 10.1. The van der Waals surface area contributed by atoms with E-state index >= 15 is 0 Å². The van der Waals surface area contributed by atoms with Gasteiger partial charge in [0.25, 0.3) is 0 Å². The number of aromatic nitrogens is 3. The Morgan fingerprint density at radius 3 is 2.94 bits per heavy atom. The molecule has 0 aliphatic carbocycles. The molecule has 34 heavy (non-hydrogen) atoms. The Morgan fingerprint density at radius 2 is 2.06 bits per heavy atom. The van der Waals surface area contributed by atoms with Crippen molar-refractivity contribution in [3.63, 3.8) is 0 Å². The lowest BCUT2D eigenvalue weighted by Gasteiger charge is -2.40. The third-order valence-electron chi connectivity index (χ3n) is 6.18. The number of ether oxygens (including phenoxy) is 3. The minimum Gasteiger partial charge on any atom is -0.486 e. The van der Waals surface area contributed by atoms with Crippen molar-refractivity contribution in [2.75, 3.05) is 56.5 Å². The van der Waals surface area contributed by atoms with Crippen LogP contribution in [-0.2, 0) is 25.7 Å². The van der Waals surface area contributed by atoms with Gasteiger partial charge in [0.15, 0.2) is 17.4 Å². The van der Waals surface area contributed by atoms with Crippen molar-refractivity contribution < 1.29 is 22.6 Å². The number of anilines is 1. The van der Waals surface area contributed by atoms with Crippen LogP contribution in [0.25, 0.3) is 22.3 Å². The van der Waals surface area contributed by atoms with Crippen molar-refractivity contribution in [3.8, 4) is 17.1 Å². The van der Waals surface area contributed by atoms with E-state index in [9.17, 15) is 8.42 Å². The van der Waals surface area contributed by atoms with E-state index in [1.54, 1.807) is 0 Å². The highest BCUT2D eigenvalue weighted by atomic mass is 32.2. The quantitative estimate of drug-likeness (QED) is 0.460. The summed E-state index contributed by atoms with van der Waals surface area (Å²) >= 11 is 0. The fraction of sp³-hybridized carbons (Fsp3) is 0.500. The van der Waals surface area contributed by atoms with Gasteiger partial charge < -0.3 is 24.1 Å². The van der Waals surface area contributed by atoms with Crippen LogP contribution < -0.4 is 9.64 Å². The van der Waals surface area contributed by atoms with Crippen LogP contribution in [0.15, 0.2) is 30.5 Å². The Bertz CT molecular complexity index is 1260. The maximum atomic E-state index is 11.3. The molecule has 1 N–H and O–H groups in total. The summed E-state index contributed by atoms with van der Waals surface area (Å²) < 4.78 is 40.0. The van der Waals surface area contributed by atoms with Crippen molar-refractivity contribution in [2.24, 2.45) is 0 Å². The Labute approximate surface area is 199 Å². The molecule has 5 rings (SSSR count). The number of morpholine rings is 1. The first kappa shape index (κ1) is 23.1. The molecule has 9 nitrogen and oxygen atoms in total. The number of benzene rings is 1. The lowest BCUT2D eigenvalue weighted by molar-refractivity contribution is 0.0692. The monoisotopic (exact) mass is 486 g/mol. The molecule has 0 spiro atoms. The predicted octanol–water partition coefficient (Wildman–Crippen LogP) is 2.61. The fourth-order valence-corrected chi connectivity index (χ4v) is 5.16. The number of hydrogen-bond acceptors (Lipinski definition) is 8. The summed E-state index contributed by atoms with van der Waals surface area (Å²) in [6.07, 6.45) is 5.12. The molecule has 3 aromatic rings. The second-order valence-electron chi connectivity index (χ2n) is 8.82. The van der Waals surface area contributed by atoms with Gasteiger partial charge in [0.05, 0.1) is 30.7 Å². The minimum absolute atomic E-state index is 0.148. The van der Waals surface area contributed by atoms with Gasteiger partial charge in [-0.2, -0.15) is 0 Å². The van der Waals surface area contributed by atoms with E-state index in [-0.39, 0.29) is 11.8 Å². The number of nitrogens with one attached hydrogen (secondary N) is 1. The van der Waals surface area contributed by atoms with Crippen molar-refractivity contribution in [1.82, 2.24) is 15.0 Å². The number of nitrogens with zero attached hydrogens (tertiary/aromatic N) is 3. The van der Waals surface area contributed by atoms with Crippen LogP contribution in [0.5, 0.6) is 5.75 Å². The second-order valence-corrected chi connectivity index (χ2v) is 11.1. The Balaban J connectivity index is 1.38. The molecule has 0 unspecified atom stereocenters. The van der Waals surface area contributed by atoms with E-state index in [4.69, 9.17) is 24.2 Å². The van der Waals surface area contributed by atoms with Crippen LogP contribution in [0, 0.1) is 0 Å². The van der Waals surface area contributed by atoms with E-state index in [2.05, 4.69) is 9.88 Å². The molecule has 1 saturated heterocycles. The van der Waals surface area contributed by atoms with Gasteiger partial charge in [-0.05, 0) is 31.4 Å². The van der Waals surface area contributed by atoms with Gasteiger partial charge >= 0.3 is 0 Å². The highest BCUT2D eigenvalue weighted by Crippen LogP contribution is 2.38. The van der Waals surface area contributed by atoms with Gasteiger partial charge in [-0.1, -0.05) is 12.1 Å². The van der Waals surface area contributed by atoms with Crippen LogP contribution in [-0.4, -0.2) is 81.0 Å². The van der Waals surface area contributed by atoms with Gasteiger partial charge in [0, 0.05) is 48.7 Å². The standard InChI is InChI=1S/C24H30N4O5S/c1-34(29,30)14-4-12-31-11-3-7-21-22-24(28-10-13-32-15-17(28)16-33-22)27-23(26-21)19-5-2-6-20-18(19)8-9-25-20/h2,5-6,8-9,17,25H,3-4,7,10-16H2,1H3/t17-/m1/s1. The van der Waals surface area contributed by atoms with Crippen LogP contribution >= 0.6 is 0 Å². The van der Waals surface area contributed by atoms with Gasteiger partial charge in [0.1, 0.15) is 16.4 Å². The average Bonchev–Trinajstić information content (AvgIpc) is 3.31. The number of rotatable bonds is 9. The topological polar surface area (TPSA) is 107 Å². The Kier molecular flexibility index (Phi) is 6.71. The van der Waals surface area contributed by atoms with E-state index in [1.807, 2.05) is 30.5 Å². The summed E-state index contributed by atoms with van der Waals surface area (Å²) in [6.45, 7) is 3.59. The number of aryl methyl sites for hydroxylation is 1. The molecule has 182 valence electrons. The number of hydrogen-bond donors (Lipinski definition) is 1. The number of aromatic amines is 1. The number of sulfone groups is 1. The molecule has 1 atom stereocenters. The zero-order chi connectivity index (χ0) is 23.5. The highest BCUT2D eigenvalue weighted by Gasteiger charge is 2.34. The first-order valence-corrected chi connectivity index (χ1v) is 13.8. The largest absolute Gasteiger partial charge is 0.486 e. The van der Waals surface area contributed by atoms with Crippen molar-refractivity contribution in [1.29, 1.82) is 0 Å². The van der Waals surface area contributed by atoms with Crippen LogP contribution in [0.3, 0.4) is 0 Å². The van der Waals surface area contributed by atoms with Gasteiger partial charge in [0.2, 0.25) is 0 Å². The summed E-state index contributed by atoms with van der Waals surface area (Å²) in [6, 6.07) is 8.30. The van der Waals surface area contributed by atoms with E-state index in [0.717, 1.165) is 46.7 Å². The summed E-state index contributed by atoms with van der Waals surface area (Å²) in [4.78, 5) is 15.5. The van der Waals surface area contributed by atoms with Crippen LogP contribution in [0.1, 0.15) is 18.5 Å². The average molecular weight is 487 g/mol. The van der Waals surface area contributed by atoms with Gasteiger partial charge in [-0.15, -0.1) is 0 Å². The molecule has 2 aliphatic rings. The Morgan fingerprint density at radius 1 is 1.18 bits per heavy atom. The molecule has 0 saturated carbocycles. The Hall–Kier alpha value is -2.69. The fourth-order valence-electron chi connectivity index (χ4n) is 4.51. The van der Waals surface area contributed by atoms with E-state index < -0.39 is 9.84 Å². The minimum atomic E-state index is -2.95. The first-order chi connectivity index (χ1) is 16.5. The van der Waals surface area contributed by atoms with Gasteiger partial charge in [-0.25, -0.2) is 18.4 Å². The zero-order valence-electron chi connectivity index (χ0n) is 19.3. The maximum Gasteiger partial charge on any atom is 0.183 e. The third-order valence-corrected chi connectivity index (χ3v) is 7.21. The van der Waals surface area contributed by atoms with Gasteiger partial charge in [-0.3, -0.25) is 0 Å².